The summed E-state index contributed by atoms with van der Waals surface area (Å²) in [7, 11) is 0. The van der Waals surface area contributed by atoms with Gasteiger partial charge >= 0.3 is 0 Å². The van der Waals surface area contributed by atoms with E-state index in [1.165, 1.54) is 6.92 Å². The third kappa shape index (κ3) is 3.86. The average Bonchev–Trinajstić information content (AvgIpc) is 3.15. The molecule has 2 saturated heterocycles. The van der Waals surface area contributed by atoms with Gasteiger partial charge in [0.1, 0.15) is 12.2 Å². The van der Waals surface area contributed by atoms with Gasteiger partial charge in [-0.25, -0.2) is 4.98 Å². The molecule has 0 unspecified atom stereocenters. The van der Waals surface area contributed by atoms with Crippen LogP contribution in [0.25, 0.3) is 0 Å². The second-order valence-corrected chi connectivity index (χ2v) is 8.53. The second-order valence-electron chi connectivity index (χ2n) is 8.53. The molecule has 3 aliphatic heterocycles. The minimum absolute atomic E-state index is 0.0177. The third-order valence-corrected chi connectivity index (χ3v) is 6.26. The van der Waals surface area contributed by atoms with Crippen molar-refractivity contribution in [2.24, 2.45) is 0 Å². The highest BCUT2D eigenvalue weighted by molar-refractivity contribution is 5.96. The zero-order chi connectivity index (χ0) is 21.4. The van der Waals surface area contributed by atoms with E-state index < -0.39 is 0 Å². The predicted octanol–water partition coefficient (Wildman–Crippen LogP) is 0.114. The Morgan fingerprint density at radius 3 is 2.80 bits per heavy atom. The summed E-state index contributed by atoms with van der Waals surface area (Å²) in [5.41, 5.74) is 0.384. The van der Waals surface area contributed by atoms with Gasteiger partial charge in [0.2, 0.25) is 17.7 Å². The molecule has 2 bridgehead atoms. The first-order chi connectivity index (χ1) is 14.3. The van der Waals surface area contributed by atoms with Crippen molar-refractivity contribution < 1.29 is 19.1 Å². The molecule has 3 atom stereocenters. The van der Waals surface area contributed by atoms with Crippen molar-refractivity contribution in [3.05, 3.63) is 23.9 Å². The van der Waals surface area contributed by atoms with Crippen molar-refractivity contribution in [3.8, 4) is 5.88 Å². The van der Waals surface area contributed by atoms with Gasteiger partial charge in [-0.2, -0.15) is 0 Å². The molecule has 30 heavy (non-hydrogen) atoms. The molecule has 0 spiro atoms. The van der Waals surface area contributed by atoms with Crippen LogP contribution in [0, 0.1) is 0 Å². The van der Waals surface area contributed by atoms with Crippen LogP contribution >= 0.6 is 0 Å². The molecule has 2 fully saturated rings. The highest BCUT2D eigenvalue weighted by atomic mass is 16.5. The van der Waals surface area contributed by atoms with Gasteiger partial charge in [-0.05, 0) is 32.4 Å². The standard InChI is InChI=1S/C21H29N5O4/c1-13(2)26-10-15-9-18(26)21(29)25-8-7-24(14(3)27)11-16(25)12-30-20-17(19(28)23-15)5-4-6-22-20/h4-6,13,15-16,18H,7-12H2,1-3H3,(H,23,28)/t15-,16+,18+/m1/s1. The molecule has 4 rings (SSSR count). The molecule has 0 radical (unpaired) electrons. The smallest absolute Gasteiger partial charge is 0.257 e. The van der Waals surface area contributed by atoms with E-state index in [2.05, 4.69) is 29.0 Å². The predicted molar refractivity (Wildman–Crippen MR) is 109 cm³/mol. The van der Waals surface area contributed by atoms with Crippen molar-refractivity contribution in [3.63, 3.8) is 0 Å². The lowest BCUT2D eigenvalue weighted by atomic mass is 10.1. The first-order valence-corrected chi connectivity index (χ1v) is 10.6. The monoisotopic (exact) mass is 415 g/mol. The number of aromatic nitrogens is 1. The van der Waals surface area contributed by atoms with Crippen molar-refractivity contribution in [1.82, 2.24) is 25.0 Å². The van der Waals surface area contributed by atoms with E-state index in [-0.39, 0.29) is 54.4 Å². The fraction of sp³-hybridized carbons (Fsp3) is 0.619. The molecule has 4 heterocycles. The number of nitrogens with one attached hydrogen (secondary N) is 1. The van der Waals surface area contributed by atoms with Crippen LogP contribution in [0.15, 0.2) is 18.3 Å². The Labute approximate surface area is 176 Å². The number of nitrogens with zero attached hydrogens (tertiary/aromatic N) is 4. The van der Waals surface area contributed by atoms with E-state index in [0.29, 0.717) is 38.2 Å². The Morgan fingerprint density at radius 1 is 1.27 bits per heavy atom. The molecule has 9 nitrogen and oxygen atoms in total. The van der Waals surface area contributed by atoms with Crippen LogP contribution in [-0.4, -0.2) is 94.4 Å². The number of pyridine rings is 1. The molecule has 3 aliphatic rings. The number of carbonyl (C=O) groups excluding carboxylic acids is 3. The van der Waals surface area contributed by atoms with Gasteiger partial charge in [-0.1, -0.05) is 0 Å². The SMILES string of the molecule is CC(=O)N1CCN2C(=O)[C@@H]3C[C@H](CN3C(C)C)NC(=O)c3cccnc3OC[C@@H]2C1. The van der Waals surface area contributed by atoms with Crippen molar-refractivity contribution in [2.45, 2.75) is 51.4 Å². The lowest BCUT2D eigenvalue weighted by molar-refractivity contribution is -0.146. The van der Waals surface area contributed by atoms with E-state index in [1.54, 1.807) is 23.2 Å². The first-order valence-electron chi connectivity index (χ1n) is 10.6. The largest absolute Gasteiger partial charge is 0.475 e. The van der Waals surface area contributed by atoms with Crippen molar-refractivity contribution >= 4 is 17.7 Å². The van der Waals surface area contributed by atoms with Gasteiger partial charge < -0.3 is 19.9 Å². The summed E-state index contributed by atoms with van der Waals surface area (Å²) >= 11 is 0. The van der Waals surface area contributed by atoms with E-state index in [0.717, 1.165) is 0 Å². The normalized spacial score (nSPS) is 27.5. The molecule has 0 aromatic carbocycles. The number of carbonyl (C=O) groups is 3. The number of likely N-dealkylation sites (tertiary alicyclic amines) is 1. The highest BCUT2D eigenvalue weighted by Crippen LogP contribution is 2.26. The van der Waals surface area contributed by atoms with E-state index >= 15 is 0 Å². The zero-order valence-corrected chi connectivity index (χ0v) is 17.7. The maximum absolute atomic E-state index is 13.6. The Morgan fingerprint density at radius 2 is 2.07 bits per heavy atom. The molecule has 1 aromatic rings. The zero-order valence-electron chi connectivity index (χ0n) is 17.7. The van der Waals surface area contributed by atoms with Crippen LogP contribution in [0.4, 0.5) is 0 Å². The van der Waals surface area contributed by atoms with Gasteiger partial charge in [-0.15, -0.1) is 0 Å². The maximum Gasteiger partial charge on any atom is 0.257 e. The summed E-state index contributed by atoms with van der Waals surface area (Å²) < 4.78 is 5.92. The molecule has 162 valence electrons. The molecule has 0 aliphatic carbocycles. The Hall–Kier alpha value is -2.68. The van der Waals surface area contributed by atoms with Gasteiger partial charge in [-0.3, -0.25) is 19.3 Å². The maximum atomic E-state index is 13.6. The minimum Gasteiger partial charge on any atom is -0.475 e. The summed E-state index contributed by atoms with van der Waals surface area (Å²) in [5, 5.41) is 3.06. The fourth-order valence-electron chi connectivity index (χ4n) is 4.66. The highest BCUT2D eigenvalue weighted by Gasteiger charge is 2.44. The van der Waals surface area contributed by atoms with Crippen LogP contribution in [0.3, 0.4) is 0 Å². The van der Waals surface area contributed by atoms with Crippen LogP contribution in [0.1, 0.15) is 37.6 Å². The summed E-state index contributed by atoms with van der Waals surface area (Å²) in [6.07, 6.45) is 2.15. The van der Waals surface area contributed by atoms with Crippen molar-refractivity contribution in [2.75, 3.05) is 32.8 Å². The van der Waals surface area contributed by atoms with Gasteiger partial charge in [0.15, 0.2) is 0 Å². The number of ether oxygens (including phenoxy) is 1. The van der Waals surface area contributed by atoms with Crippen molar-refractivity contribution in [1.29, 1.82) is 0 Å². The number of hydrogen-bond acceptors (Lipinski definition) is 6. The molecule has 1 aromatic heterocycles. The van der Waals surface area contributed by atoms with Gasteiger partial charge in [0.25, 0.3) is 5.91 Å². The summed E-state index contributed by atoms with van der Waals surface area (Å²) in [4.78, 5) is 48.4. The lowest BCUT2D eigenvalue weighted by Gasteiger charge is -2.43. The summed E-state index contributed by atoms with van der Waals surface area (Å²) in [6, 6.07) is 2.86. The summed E-state index contributed by atoms with van der Waals surface area (Å²) in [6.45, 7) is 7.86. The fourth-order valence-corrected chi connectivity index (χ4v) is 4.66. The summed E-state index contributed by atoms with van der Waals surface area (Å²) in [5.74, 6) is 0.0273. The van der Waals surface area contributed by atoms with Crippen LogP contribution in [-0.2, 0) is 9.59 Å². The average molecular weight is 415 g/mol. The first kappa shape index (κ1) is 20.6. The van der Waals surface area contributed by atoms with E-state index in [9.17, 15) is 14.4 Å². The van der Waals surface area contributed by atoms with Gasteiger partial charge in [0.05, 0.1) is 12.1 Å². The molecular weight excluding hydrogens is 386 g/mol. The molecule has 3 amide bonds. The Bertz CT molecular complexity index is 844. The number of amides is 3. The second kappa shape index (κ2) is 8.22. The quantitative estimate of drug-likeness (QED) is 0.700. The molecular formula is C21H29N5O4. The Balaban J connectivity index is 1.70. The molecule has 9 heteroatoms. The lowest BCUT2D eigenvalue weighted by Crippen LogP contribution is -2.61. The number of rotatable bonds is 1. The number of piperazine rings is 1. The molecule has 1 N–H and O–H groups in total. The van der Waals surface area contributed by atoms with Crippen LogP contribution in [0.2, 0.25) is 0 Å². The third-order valence-electron chi connectivity index (χ3n) is 6.26. The van der Waals surface area contributed by atoms with E-state index in [1.807, 2.05) is 4.90 Å². The Kier molecular flexibility index (Phi) is 5.64. The minimum atomic E-state index is -0.297. The number of fused-ring (bicyclic) bond motifs is 4. The molecule has 0 saturated carbocycles. The van der Waals surface area contributed by atoms with E-state index in [4.69, 9.17) is 4.74 Å². The van der Waals surface area contributed by atoms with Crippen LogP contribution < -0.4 is 10.1 Å². The topological polar surface area (TPSA) is 95.1 Å². The van der Waals surface area contributed by atoms with Gasteiger partial charge in [0, 0.05) is 51.4 Å². The number of hydrogen-bond donors (Lipinski definition) is 1. The van der Waals surface area contributed by atoms with Crippen LogP contribution in [0.5, 0.6) is 5.88 Å².